The Kier molecular flexibility index (Phi) is 5.67. The fourth-order valence-electron chi connectivity index (χ4n) is 2.18. The van der Waals surface area contributed by atoms with Crippen molar-refractivity contribution in [3.05, 3.63) is 74.8 Å². The molecule has 0 aliphatic rings. The van der Waals surface area contributed by atoms with Crippen molar-refractivity contribution in [2.24, 2.45) is 0 Å². The van der Waals surface area contributed by atoms with Gasteiger partial charge >= 0.3 is 0 Å². The van der Waals surface area contributed by atoms with Gasteiger partial charge in [0.25, 0.3) is 5.91 Å². The first kappa shape index (κ1) is 17.4. The second-order valence-electron chi connectivity index (χ2n) is 5.29. The summed E-state index contributed by atoms with van der Waals surface area (Å²) in [6.07, 6.45) is 0.296. The molecule has 2 heterocycles. The molecule has 3 aromatic rings. The highest BCUT2D eigenvalue weighted by atomic mass is 79.9. The maximum atomic E-state index is 12.0. The Bertz CT molecular complexity index is 857. The number of furan rings is 1. The number of amides is 2. The summed E-state index contributed by atoms with van der Waals surface area (Å²) in [5.41, 5.74) is 1.52. The van der Waals surface area contributed by atoms with Crippen molar-refractivity contribution in [3.63, 3.8) is 0 Å². The van der Waals surface area contributed by atoms with Gasteiger partial charge in [-0.05, 0) is 57.2 Å². The predicted molar refractivity (Wildman–Crippen MR) is 101 cm³/mol. The van der Waals surface area contributed by atoms with E-state index in [1.165, 1.54) is 0 Å². The third kappa shape index (κ3) is 5.04. The monoisotopic (exact) mass is 418 g/mol. The number of rotatable bonds is 6. The molecule has 0 radical (unpaired) electrons. The van der Waals surface area contributed by atoms with Gasteiger partial charge in [-0.1, -0.05) is 18.2 Å². The van der Waals surface area contributed by atoms with Crippen molar-refractivity contribution in [3.8, 4) is 0 Å². The quantitative estimate of drug-likeness (QED) is 0.629. The molecule has 25 heavy (non-hydrogen) atoms. The van der Waals surface area contributed by atoms with E-state index < -0.39 is 0 Å². The van der Waals surface area contributed by atoms with E-state index in [0.29, 0.717) is 23.3 Å². The Labute approximate surface area is 157 Å². The lowest BCUT2D eigenvalue weighted by Crippen LogP contribution is -2.24. The summed E-state index contributed by atoms with van der Waals surface area (Å²) >= 11 is 4.77. The van der Waals surface area contributed by atoms with E-state index >= 15 is 0 Å². The molecule has 0 unspecified atom stereocenters. The molecule has 0 aliphatic carbocycles. The van der Waals surface area contributed by atoms with Gasteiger partial charge in [0.05, 0.1) is 13.0 Å². The van der Waals surface area contributed by atoms with Crippen molar-refractivity contribution < 1.29 is 14.0 Å². The minimum atomic E-state index is -0.327. The van der Waals surface area contributed by atoms with Crippen molar-refractivity contribution >= 4 is 44.8 Å². The van der Waals surface area contributed by atoms with E-state index in [4.69, 9.17) is 4.42 Å². The summed E-state index contributed by atoms with van der Waals surface area (Å²) in [5, 5.41) is 7.61. The second kappa shape index (κ2) is 8.13. The molecule has 1 aromatic carbocycles. The zero-order valence-corrected chi connectivity index (χ0v) is 15.5. The topological polar surface area (TPSA) is 71.3 Å². The standard InChI is InChI=1S/C18H15BrN2O3S/c19-16-8-7-15(24-16)18(23)21-13-5-3-12(4-6-13)10-17(22)20-11-14-2-1-9-25-14/h1-9H,10-11H2,(H,20,22)(H,21,23). The largest absolute Gasteiger partial charge is 0.444 e. The molecule has 0 saturated carbocycles. The van der Waals surface area contributed by atoms with E-state index in [-0.39, 0.29) is 17.6 Å². The summed E-state index contributed by atoms with van der Waals surface area (Å²) in [7, 11) is 0. The Morgan fingerprint density at radius 3 is 2.52 bits per heavy atom. The van der Waals surface area contributed by atoms with Crippen LogP contribution in [0.2, 0.25) is 0 Å². The molecule has 3 rings (SSSR count). The van der Waals surface area contributed by atoms with Crippen LogP contribution in [0.1, 0.15) is 21.0 Å². The minimum absolute atomic E-state index is 0.0365. The fraction of sp³-hybridized carbons (Fsp3) is 0.111. The maximum Gasteiger partial charge on any atom is 0.291 e. The lowest BCUT2D eigenvalue weighted by molar-refractivity contribution is -0.120. The number of carbonyl (C=O) groups excluding carboxylic acids is 2. The van der Waals surface area contributed by atoms with Crippen molar-refractivity contribution in [1.29, 1.82) is 0 Å². The first-order valence-electron chi connectivity index (χ1n) is 7.55. The second-order valence-corrected chi connectivity index (χ2v) is 7.10. The number of halogens is 1. The summed E-state index contributed by atoms with van der Waals surface area (Å²) in [4.78, 5) is 25.1. The summed E-state index contributed by atoms with van der Waals surface area (Å²) < 4.78 is 5.71. The zero-order chi connectivity index (χ0) is 17.6. The maximum absolute atomic E-state index is 12.0. The number of thiophene rings is 1. The van der Waals surface area contributed by atoms with Gasteiger partial charge in [-0.3, -0.25) is 9.59 Å². The molecule has 0 fully saturated rings. The Morgan fingerprint density at radius 2 is 1.88 bits per heavy atom. The van der Waals surface area contributed by atoms with Gasteiger partial charge in [0, 0.05) is 10.6 Å². The average molecular weight is 419 g/mol. The van der Waals surface area contributed by atoms with Gasteiger partial charge in [0.1, 0.15) is 0 Å². The van der Waals surface area contributed by atoms with Gasteiger partial charge in [0.15, 0.2) is 10.4 Å². The zero-order valence-electron chi connectivity index (χ0n) is 13.1. The first-order chi connectivity index (χ1) is 12.1. The smallest absolute Gasteiger partial charge is 0.291 e. The van der Waals surface area contributed by atoms with Crippen LogP contribution in [0.25, 0.3) is 0 Å². The van der Waals surface area contributed by atoms with Gasteiger partial charge in [-0.25, -0.2) is 0 Å². The number of benzene rings is 1. The van der Waals surface area contributed by atoms with Crippen LogP contribution < -0.4 is 10.6 Å². The molecule has 0 atom stereocenters. The molecule has 2 aromatic heterocycles. The van der Waals surface area contributed by atoms with Crippen molar-refractivity contribution in [2.45, 2.75) is 13.0 Å². The highest BCUT2D eigenvalue weighted by Crippen LogP contribution is 2.16. The molecule has 2 N–H and O–H groups in total. The summed E-state index contributed by atoms with van der Waals surface area (Å²) in [6.45, 7) is 0.545. The number of carbonyl (C=O) groups is 2. The van der Waals surface area contributed by atoms with E-state index in [2.05, 4.69) is 26.6 Å². The molecule has 0 saturated heterocycles. The van der Waals surface area contributed by atoms with Crippen LogP contribution in [0, 0.1) is 0 Å². The summed E-state index contributed by atoms with van der Waals surface area (Å²) in [5.74, 6) is -0.137. The molecule has 2 amide bonds. The number of hydrogen-bond donors (Lipinski definition) is 2. The number of nitrogens with one attached hydrogen (secondary N) is 2. The third-order valence-corrected chi connectivity index (χ3v) is 4.72. The molecule has 5 nitrogen and oxygen atoms in total. The van der Waals surface area contributed by atoms with E-state index in [1.54, 1.807) is 35.6 Å². The number of hydrogen-bond acceptors (Lipinski definition) is 4. The van der Waals surface area contributed by atoms with Crippen LogP contribution in [0.15, 0.2) is 63.0 Å². The SMILES string of the molecule is O=C(Cc1ccc(NC(=O)c2ccc(Br)o2)cc1)NCc1cccs1. The van der Waals surface area contributed by atoms with Crippen LogP contribution in [0.5, 0.6) is 0 Å². The molecule has 128 valence electrons. The summed E-state index contributed by atoms with van der Waals surface area (Å²) in [6, 6.07) is 14.4. The Morgan fingerprint density at radius 1 is 1.08 bits per heavy atom. The molecule has 7 heteroatoms. The van der Waals surface area contributed by atoms with Gasteiger partial charge < -0.3 is 15.1 Å². The van der Waals surface area contributed by atoms with Crippen molar-refractivity contribution in [2.75, 3.05) is 5.32 Å². The number of anilines is 1. The van der Waals surface area contributed by atoms with Crippen molar-refractivity contribution in [1.82, 2.24) is 5.32 Å². The van der Waals surface area contributed by atoms with Gasteiger partial charge in [0.2, 0.25) is 5.91 Å². The van der Waals surface area contributed by atoms with Crippen LogP contribution in [0.4, 0.5) is 5.69 Å². The van der Waals surface area contributed by atoms with Crippen LogP contribution in [-0.4, -0.2) is 11.8 Å². The fourth-order valence-corrected chi connectivity index (χ4v) is 3.13. The lowest BCUT2D eigenvalue weighted by atomic mass is 10.1. The normalized spacial score (nSPS) is 10.4. The van der Waals surface area contributed by atoms with Gasteiger partial charge in [-0.2, -0.15) is 0 Å². The molecule has 0 spiro atoms. The molecule has 0 aliphatic heterocycles. The predicted octanol–water partition coefficient (Wildman–Crippen LogP) is 4.21. The third-order valence-electron chi connectivity index (χ3n) is 3.41. The molecular weight excluding hydrogens is 404 g/mol. The Hall–Kier alpha value is -2.38. The lowest BCUT2D eigenvalue weighted by Gasteiger charge is -2.06. The van der Waals surface area contributed by atoms with Crippen LogP contribution >= 0.6 is 27.3 Å². The van der Waals surface area contributed by atoms with E-state index in [1.807, 2.05) is 29.6 Å². The molecule has 0 bridgehead atoms. The van der Waals surface area contributed by atoms with Gasteiger partial charge in [-0.15, -0.1) is 11.3 Å². The van der Waals surface area contributed by atoms with Crippen LogP contribution in [0.3, 0.4) is 0 Å². The highest BCUT2D eigenvalue weighted by Gasteiger charge is 2.11. The van der Waals surface area contributed by atoms with E-state index in [9.17, 15) is 9.59 Å². The minimum Gasteiger partial charge on any atom is -0.444 e. The first-order valence-corrected chi connectivity index (χ1v) is 9.22. The average Bonchev–Trinajstić information content (AvgIpc) is 3.26. The van der Waals surface area contributed by atoms with E-state index in [0.717, 1.165) is 10.4 Å². The Balaban J connectivity index is 1.51. The molecular formula is C18H15BrN2O3S. The van der Waals surface area contributed by atoms with Crippen LogP contribution in [-0.2, 0) is 17.8 Å². The highest BCUT2D eigenvalue weighted by molar-refractivity contribution is 9.10.